The number of nitrogens with zero attached hydrogens (tertiary/aromatic N) is 1. The summed E-state index contributed by atoms with van der Waals surface area (Å²) in [5, 5.41) is 3.33. The van der Waals surface area contributed by atoms with Crippen LogP contribution in [0.2, 0.25) is 0 Å². The van der Waals surface area contributed by atoms with Crippen LogP contribution in [0, 0.1) is 6.92 Å². The second-order valence-electron chi connectivity index (χ2n) is 4.61. The number of amides is 1. The second-order valence-corrected chi connectivity index (χ2v) is 5.00. The molecule has 0 heterocycles. The lowest BCUT2D eigenvalue weighted by Gasteiger charge is -2.24. The molecule has 1 amide bonds. The van der Waals surface area contributed by atoms with Gasteiger partial charge in [-0.05, 0) is 44.1 Å². The molecule has 3 nitrogen and oxygen atoms in total. The van der Waals surface area contributed by atoms with E-state index in [1.807, 2.05) is 36.1 Å². The molecule has 104 valence electrons. The second kappa shape index (κ2) is 7.89. The van der Waals surface area contributed by atoms with Gasteiger partial charge in [-0.3, -0.25) is 10.1 Å². The molecule has 0 unspecified atom stereocenters. The molecular formula is C15H22N2OS. The summed E-state index contributed by atoms with van der Waals surface area (Å²) < 4.78 is 0. The normalized spacial score (nSPS) is 10.1. The summed E-state index contributed by atoms with van der Waals surface area (Å²) in [6, 6.07) is 7.48. The van der Waals surface area contributed by atoms with E-state index < -0.39 is 0 Å². The number of hydrogen-bond acceptors (Lipinski definition) is 2. The van der Waals surface area contributed by atoms with Gasteiger partial charge in [-0.25, -0.2) is 0 Å². The third-order valence-corrected chi connectivity index (χ3v) is 3.17. The molecule has 0 spiro atoms. The molecule has 0 aliphatic rings. The van der Waals surface area contributed by atoms with Gasteiger partial charge in [-0.1, -0.05) is 31.5 Å². The van der Waals surface area contributed by atoms with Crippen molar-refractivity contribution in [3.63, 3.8) is 0 Å². The Kier molecular flexibility index (Phi) is 6.50. The fraction of sp³-hybridized carbons (Fsp3) is 0.467. The lowest BCUT2D eigenvalue weighted by molar-refractivity contribution is 0.0973. The van der Waals surface area contributed by atoms with E-state index in [9.17, 15) is 4.79 Å². The Bertz CT molecular complexity index is 422. The van der Waals surface area contributed by atoms with Gasteiger partial charge in [0.05, 0.1) is 0 Å². The van der Waals surface area contributed by atoms with Crippen molar-refractivity contribution in [1.82, 2.24) is 10.2 Å². The van der Waals surface area contributed by atoms with Crippen LogP contribution in [0.1, 0.15) is 42.6 Å². The van der Waals surface area contributed by atoms with E-state index in [4.69, 9.17) is 12.2 Å². The fourth-order valence-electron chi connectivity index (χ4n) is 1.81. The van der Waals surface area contributed by atoms with E-state index in [-0.39, 0.29) is 5.91 Å². The summed E-state index contributed by atoms with van der Waals surface area (Å²) >= 11 is 5.30. The van der Waals surface area contributed by atoms with Crippen LogP contribution in [-0.4, -0.2) is 29.0 Å². The van der Waals surface area contributed by atoms with Crippen molar-refractivity contribution in [1.29, 1.82) is 0 Å². The van der Waals surface area contributed by atoms with Gasteiger partial charge in [0.1, 0.15) is 0 Å². The maximum Gasteiger partial charge on any atom is 0.257 e. The van der Waals surface area contributed by atoms with Crippen LogP contribution < -0.4 is 5.32 Å². The van der Waals surface area contributed by atoms with Crippen molar-refractivity contribution in [3.8, 4) is 0 Å². The first-order chi connectivity index (χ1) is 9.08. The topological polar surface area (TPSA) is 32.3 Å². The highest BCUT2D eigenvalue weighted by atomic mass is 32.1. The molecule has 19 heavy (non-hydrogen) atoms. The standard InChI is InChI=1S/C15H22N2OS/c1-4-10-17(11-5-2)15(19)16-14(18)13-8-6-12(3)7-9-13/h6-9H,4-5,10-11H2,1-3H3,(H,16,18,19). The molecule has 0 radical (unpaired) electrons. The first-order valence-corrected chi connectivity index (χ1v) is 7.16. The third kappa shape index (κ3) is 4.99. The molecule has 0 aliphatic carbocycles. The molecule has 0 aromatic heterocycles. The number of aryl methyl sites for hydroxylation is 1. The van der Waals surface area contributed by atoms with E-state index in [2.05, 4.69) is 19.2 Å². The van der Waals surface area contributed by atoms with Crippen LogP contribution in [0.15, 0.2) is 24.3 Å². The zero-order chi connectivity index (χ0) is 14.3. The van der Waals surface area contributed by atoms with Crippen molar-refractivity contribution in [2.45, 2.75) is 33.6 Å². The molecule has 1 N–H and O–H groups in total. The monoisotopic (exact) mass is 278 g/mol. The molecule has 1 aromatic carbocycles. The largest absolute Gasteiger partial charge is 0.349 e. The van der Waals surface area contributed by atoms with Crippen molar-refractivity contribution in [3.05, 3.63) is 35.4 Å². The predicted molar refractivity (Wildman–Crippen MR) is 83.4 cm³/mol. The Balaban J connectivity index is 2.64. The third-order valence-electron chi connectivity index (χ3n) is 2.81. The Labute approximate surface area is 121 Å². The molecule has 4 heteroatoms. The maximum absolute atomic E-state index is 12.1. The SMILES string of the molecule is CCCN(CCC)C(=S)NC(=O)c1ccc(C)cc1. The molecule has 0 fully saturated rings. The van der Waals surface area contributed by atoms with Crippen molar-refractivity contribution in [2.75, 3.05) is 13.1 Å². The average Bonchev–Trinajstić information content (AvgIpc) is 2.39. The molecule has 1 rings (SSSR count). The highest BCUT2D eigenvalue weighted by molar-refractivity contribution is 7.80. The Hall–Kier alpha value is -1.42. The van der Waals surface area contributed by atoms with E-state index >= 15 is 0 Å². The van der Waals surface area contributed by atoms with Crippen molar-refractivity contribution in [2.24, 2.45) is 0 Å². The molecule has 0 saturated carbocycles. The predicted octanol–water partition coefficient (Wildman–Crippen LogP) is 3.13. The Morgan fingerprint density at radius 1 is 1.16 bits per heavy atom. The zero-order valence-corrected chi connectivity index (χ0v) is 12.7. The van der Waals surface area contributed by atoms with Gasteiger partial charge < -0.3 is 4.90 Å². The number of rotatable bonds is 5. The number of nitrogens with one attached hydrogen (secondary N) is 1. The van der Waals surface area contributed by atoms with Crippen molar-refractivity contribution < 1.29 is 4.79 Å². The minimum absolute atomic E-state index is 0.137. The number of carbonyl (C=O) groups is 1. The van der Waals surface area contributed by atoms with Gasteiger partial charge >= 0.3 is 0 Å². The number of benzene rings is 1. The smallest absolute Gasteiger partial charge is 0.257 e. The molecule has 0 atom stereocenters. The molecule has 0 saturated heterocycles. The quantitative estimate of drug-likeness (QED) is 0.840. The summed E-state index contributed by atoms with van der Waals surface area (Å²) in [4.78, 5) is 14.1. The first-order valence-electron chi connectivity index (χ1n) is 6.75. The lowest BCUT2D eigenvalue weighted by Crippen LogP contribution is -2.43. The van der Waals surface area contributed by atoms with Crippen LogP contribution in [0.5, 0.6) is 0 Å². The van der Waals surface area contributed by atoms with Gasteiger partial charge in [0.15, 0.2) is 5.11 Å². The van der Waals surface area contributed by atoms with E-state index in [0.29, 0.717) is 10.7 Å². The summed E-state index contributed by atoms with van der Waals surface area (Å²) in [6.07, 6.45) is 2.03. The summed E-state index contributed by atoms with van der Waals surface area (Å²) in [5.41, 5.74) is 1.78. The van der Waals surface area contributed by atoms with Crippen LogP contribution in [0.25, 0.3) is 0 Å². The molecular weight excluding hydrogens is 256 g/mol. The van der Waals surface area contributed by atoms with Gasteiger partial charge in [0.25, 0.3) is 5.91 Å². The Morgan fingerprint density at radius 3 is 2.16 bits per heavy atom. The minimum atomic E-state index is -0.137. The molecule has 0 bridgehead atoms. The van der Waals surface area contributed by atoms with Gasteiger partial charge in [-0.2, -0.15) is 0 Å². The van der Waals surface area contributed by atoms with E-state index in [0.717, 1.165) is 31.5 Å². The van der Waals surface area contributed by atoms with Gasteiger partial charge in [0.2, 0.25) is 0 Å². The van der Waals surface area contributed by atoms with E-state index in [1.165, 1.54) is 0 Å². The highest BCUT2D eigenvalue weighted by Gasteiger charge is 2.12. The minimum Gasteiger partial charge on any atom is -0.349 e. The average molecular weight is 278 g/mol. The van der Waals surface area contributed by atoms with E-state index in [1.54, 1.807) is 0 Å². The number of hydrogen-bond donors (Lipinski definition) is 1. The van der Waals surface area contributed by atoms with Crippen LogP contribution >= 0.6 is 12.2 Å². The summed E-state index contributed by atoms with van der Waals surface area (Å²) in [6.45, 7) is 7.96. The maximum atomic E-state index is 12.1. The highest BCUT2D eigenvalue weighted by Crippen LogP contribution is 2.04. The summed E-state index contributed by atoms with van der Waals surface area (Å²) in [5.74, 6) is -0.137. The number of carbonyl (C=O) groups excluding carboxylic acids is 1. The van der Waals surface area contributed by atoms with Crippen LogP contribution in [0.3, 0.4) is 0 Å². The zero-order valence-electron chi connectivity index (χ0n) is 11.9. The van der Waals surface area contributed by atoms with Gasteiger partial charge in [0, 0.05) is 18.7 Å². The number of thiocarbonyl (C=S) groups is 1. The van der Waals surface area contributed by atoms with Crippen LogP contribution in [-0.2, 0) is 0 Å². The lowest BCUT2D eigenvalue weighted by atomic mass is 10.1. The summed E-state index contributed by atoms with van der Waals surface area (Å²) in [7, 11) is 0. The van der Waals surface area contributed by atoms with Crippen LogP contribution in [0.4, 0.5) is 0 Å². The molecule has 1 aromatic rings. The fourth-order valence-corrected chi connectivity index (χ4v) is 2.08. The van der Waals surface area contributed by atoms with Crippen molar-refractivity contribution >= 4 is 23.2 Å². The molecule has 0 aliphatic heterocycles. The van der Waals surface area contributed by atoms with Gasteiger partial charge in [-0.15, -0.1) is 0 Å². The first kappa shape index (κ1) is 15.6. The Morgan fingerprint density at radius 2 is 1.68 bits per heavy atom.